The van der Waals surface area contributed by atoms with Gasteiger partial charge in [0.1, 0.15) is 11.5 Å². The van der Waals surface area contributed by atoms with Gasteiger partial charge in [0, 0.05) is 12.1 Å². The van der Waals surface area contributed by atoms with Crippen LogP contribution in [0.3, 0.4) is 0 Å². The molecular formula is C12H16N2O3S. The van der Waals surface area contributed by atoms with Crippen LogP contribution in [-0.2, 0) is 0 Å². The lowest BCUT2D eigenvalue weighted by molar-refractivity contribution is 0.247. The highest BCUT2D eigenvalue weighted by molar-refractivity contribution is 7.98. The molecule has 0 spiro atoms. The van der Waals surface area contributed by atoms with Crippen LogP contribution in [0.4, 0.5) is 4.79 Å². The third-order valence-electron chi connectivity index (χ3n) is 2.88. The molecule has 0 bridgehead atoms. The summed E-state index contributed by atoms with van der Waals surface area (Å²) in [6, 6.07) is 3.61. The summed E-state index contributed by atoms with van der Waals surface area (Å²) in [6.07, 6.45) is 1.98. The Morgan fingerprint density at radius 2 is 2.00 bits per heavy atom. The van der Waals surface area contributed by atoms with E-state index in [0.717, 1.165) is 22.0 Å². The predicted molar refractivity (Wildman–Crippen MR) is 70.6 cm³/mol. The zero-order valence-corrected chi connectivity index (χ0v) is 11.4. The van der Waals surface area contributed by atoms with Gasteiger partial charge in [0.15, 0.2) is 0 Å². The van der Waals surface area contributed by atoms with Gasteiger partial charge in [-0.2, -0.15) is 0 Å². The third kappa shape index (κ3) is 2.33. The fourth-order valence-corrected chi connectivity index (χ4v) is 2.54. The number of thioether (sulfide) groups is 1. The molecular weight excluding hydrogens is 252 g/mol. The van der Waals surface area contributed by atoms with Crippen LogP contribution < -0.4 is 20.1 Å². The van der Waals surface area contributed by atoms with Crippen molar-refractivity contribution in [3.63, 3.8) is 0 Å². The number of methoxy groups -OCH3 is 2. The molecule has 1 heterocycles. The summed E-state index contributed by atoms with van der Waals surface area (Å²) in [5, 5.41) is 5.58. The van der Waals surface area contributed by atoms with Crippen LogP contribution in [0, 0.1) is 0 Å². The lowest BCUT2D eigenvalue weighted by Crippen LogP contribution is -2.22. The average Bonchev–Trinajstić information content (AvgIpc) is 2.83. The molecule has 1 unspecified atom stereocenters. The average molecular weight is 268 g/mol. The maximum Gasteiger partial charge on any atom is 0.315 e. The quantitative estimate of drug-likeness (QED) is 0.817. The van der Waals surface area contributed by atoms with Crippen molar-refractivity contribution in [2.45, 2.75) is 10.9 Å². The monoisotopic (exact) mass is 268 g/mol. The summed E-state index contributed by atoms with van der Waals surface area (Å²) in [7, 11) is 3.26. The first-order valence-electron chi connectivity index (χ1n) is 5.54. The number of carbonyl (C=O) groups is 1. The molecule has 1 atom stereocenters. The lowest BCUT2D eigenvalue weighted by atomic mass is 10.1. The second kappa shape index (κ2) is 5.39. The number of hydrogen-bond donors (Lipinski definition) is 2. The highest BCUT2D eigenvalue weighted by atomic mass is 32.2. The van der Waals surface area contributed by atoms with Crippen LogP contribution in [0.15, 0.2) is 17.0 Å². The van der Waals surface area contributed by atoms with E-state index < -0.39 is 0 Å². The van der Waals surface area contributed by atoms with Crippen LogP contribution in [0.5, 0.6) is 11.5 Å². The molecule has 0 radical (unpaired) electrons. The number of amides is 2. The normalized spacial score (nSPS) is 18.2. The molecule has 1 saturated heterocycles. The van der Waals surface area contributed by atoms with Crippen molar-refractivity contribution in [2.75, 3.05) is 27.0 Å². The molecule has 1 aromatic carbocycles. The van der Waals surface area contributed by atoms with Crippen molar-refractivity contribution in [1.29, 1.82) is 0 Å². The Kier molecular flexibility index (Phi) is 3.86. The van der Waals surface area contributed by atoms with Crippen molar-refractivity contribution in [3.8, 4) is 11.5 Å². The van der Waals surface area contributed by atoms with E-state index in [1.807, 2.05) is 18.4 Å². The van der Waals surface area contributed by atoms with Gasteiger partial charge in [-0.3, -0.25) is 0 Å². The third-order valence-corrected chi connectivity index (χ3v) is 3.64. The fraction of sp³-hybridized carbons (Fsp3) is 0.417. The highest BCUT2D eigenvalue weighted by Gasteiger charge is 2.25. The molecule has 1 aromatic rings. The van der Waals surface area contributed by atoms with Crippen LogP contribution in [0.2, 0.25) is 0 Å². The molecule has 0 aliphatic carbocycles. The minimum absolute atomic E-state index is 0.0859. The number of urea groups is 1. The van der Waals surface area contributed by atoms with E-state index in [1.54, 1.807) is 26.0 Å². The van der Waals surface area contributed by atoms with Gasteiger partial charge >= 0.3 is 6.03 Å². The second-order valence-electron chi connectivity index (χ2n) is 3.86. The summed E-state index contributed by atoms with van der Waals surface area (Å²) in [5.41, 5.74) is 0.922. The standard InChI is InChI=1S/C12H16N2O3S/c1-16-9-5-11(18-3)10(17-2)4-7(9)8-6-13-12(15)14-8/h4-5,8H,6H2,1-3H3,(H2,13,14,15). The SMILES string of the molecule is COc1cc(C2CNC(=O)N2)c(OC)cc1SC. The summed E-state index contributed by atoms with van der Waals surface area (Å²) >= 11 is 1.59. The number of benzene rings is 1. The van der Waals surface area contributed by atoms with E-state index in [4.69, 9.17) is 9.47 Å². The van der Waals surface area contributed by atoms with Crippen LogP contribution in [0.1, 0.15) is 11.6 Å². The Bertz CT molecular complexity index is 465. The first-order chi connectivity index (χ1) is 8.69. The van der Waals surface area contributed by atoms with Crippen molar-refractivity contribution >= 4 is 17.8 Å². The minimum Gasteiger partial charge on any atom is -0.496 e. The molecule has 0 aromatic heterocycles. The van der Waals surface area contributed by atoms with E-state index >= 15 is 0 Å². The molecule has 18 heavy (non-hydrogen) atoms. The molecule has 6 heteroatoms. The molecule has 1 fully saturated rings. The Morgan fingerprint density at radius 1 is 1.28 bits per heavy atom. The van der Waals surface area contributed by atoms with E-state index in [-0.39, 0.29) is 12.1 Å². The van der Waals surface area contributed by atoms with E-state index in [9.17, 15) is 4.79 Å². The summed E-state index contributed by atoms with van der Waals surface area (Å²) in [4.78, 5) is 12.2. The molecule has 0 saturated carbocycles. The van der Waals surface area contributed by atoms with Crippen molar-refractivity contribution < 1.29 is 14.3 Å². The van der Waals surface area contributed by atoms with E-state index in [2.05, 4.69) is 10.6 Å². The Labute approximate surface area is 110 Å². The molecule has 98 valence electrons. The predicted octanol–water partition coefficient (Wildman–Crippen LogP) is 1.78. The molecule has 5 nitrogen and oxygen atoms in total. The minimum atomic E-state index is -0.157. The molecule has 2 amide bonds. The Morgan fingerprint density at radius 3 is 2.50 bits per heavy atom. The zero-order chi connectivity index (χ0) is 13.1. The maximum absolute atomic E-state index is 11.2. The summed E-state index contributed by atoms with van der Waals surface area (Å²) in [5.74, 6) is 1.55. The topological polar surface area (TPSA) is 59.6 Å². The van der Waals surface area contributed by atoms with Gasteiger partial charge < -0.3 is 20.1 Å². The van der Waals surface area contributed by atoms with Crippen LogP contribution >= 0.6 is 11.8 Å². The first-order valence-corrected chi connectivity index (χ1v) is 6.76. The molecule has 1 aliphatic rings. The second-order valence-corrected chi connectivity index (χ2v) is 4.70. The van der Waals surface area contributed by atoms with Gasteiger partial charge in [0.05, 0.1) is 25.2 Å². The Balaban J connectivity index is 2.41. The Hall–Kier alpha value is -1.56. The van der Waals surface area contributed by atoms with Crippen LogP contribution in [-0.4, -0.2) is 33.1 Å². The van der Waals surface area contributed by atoms with Crippen molar-refractivity contribution in [1.82, 2.24) is 10.6 Å². The van der Waals surface area contributed by atoms with Crippen LogP contribution in [0.25, 0.3) is 0 Å². The van der Waals surface area contributed by atoms with Gasteiger partial charge in [-0.1, -0.05) is 0 Å². The van der Waals surface area contributed by atoms with Gasteiger partial charge in [-0.05, 0) is 18.4 Å². The molecule has 1 aliphatic heterocycles. The highest BCUT2D eigenvalue weighted by Crippen LogP contribution is 2.37. The maximum atomic E-state index is 11.2. The van der Waals surface area contributed by atoms with E-state index in [0.29, 0.717) is 6.54 Å². The number of ether oxygens (including phenoxy) is 2. The van der Waals surface area contributed by atoms with Gasteiger partial charge in [-0.15, -0.1) is 11.8 Å². The van der Waals surface area contributed by atoms with Crippen molar-refractivity contribution in [3.05, 3.63) is 17.7 Å². The van der Waals surface area contributed by atoms with Gasteiger partial charge in [0.25, 0.3) is 0 Å². The lowest BCUT2D eigenvalue weighted by Gasteiger charge is -2.17. The fourth-order valence-electron chi connectivity index (χ4n) is 1.97. The number of hydrogen-bond acceptors (Lipinski definition) is 4. The summed E-state index contributed by atoms with van der Waals surface area (Å²) < 4.78 is 10.7. The van der Waals surface area contributed by atoms with Gasteiger partial charge in [0.2, 0.25) is 0 Å². The summed E-state index contributed by atoms with van der Waals surface area (Å²) in [6.45, 7) is 0.553. The number of rotatable bonds is 4. The largest absolute Gasteiger partial charge is 0.496 e. The first kappa shape index (κ1) is 12.9. The van der Waals surface area contributed by atoms with Gasteiger partial charge in [-0.25, -0.2) is 4.79 Å². The smallest absolute Gasteiger partial charge is 0.315 e. The zero-order valence-electron chi connectivity index (χ0n) is 10.6. The molecule has 2 rings (SSSR count). The molecule has 2 N–H and O–H groups in total. The number of carbonyl (C=O) groups excluding carboxylic acids is 1. The van der Waals surface area contributed by atoms with E-state index in [1.165, 1.54) is 0 Å². The number of nitrogens with one attached hydrogen (secondary N) is 2. The van der Waals surface area contributed by atoms with Crippen molar-refractivity contribution in [2.24, 2.45) is 0 Å².